The first kappa shape index (κ1) is 20.5. The van der Waals surface area contributed by atoms with Crippen LogP contribution < -0.4 is 4.90 Å². The molecule has 7 nitrogen and oxygen atoms in total. The zero-order valence-electron chi connectivity index (χ0n) is 18.7. The average Bonchev–Trinajstić information content (AvgIpc) is 3.19. The molecule has 164 valence electrons. The third kappa shape index (κ3) is 3.60. The molecule has 2 aliphatic rings. The summed E-state index contributed by atoms with van der Waals surface area (Å²) < 4.78 is 0. The number of aryl methyl sites for hydroxylation is 2. The number of fused-ring (bicyclic) bond motifs is 1. The molecule has 5 rings (SSSR count). The number of nitrogens with zero attached hydrogens (tertiary/aromatic N) is 5. The van der Waals surface area contributed by atoms with Gasteiger partial charge in [0.25, 0.3) is 0 Å². The topological polar surface area (TPSA) is 88.9 Å². The maximum atomic E-state index is 13.7. The van der Waals surface area contributed by atoms with Gasteiger partial charge in [-0.15, -0.1) is 0 Å². The molecule has 2 fully saturated rings. The highest BCUT2D eigenvalue weighted by Gasteiger charge is 2.46. The van der Waals surface area contributed by atoms with Crippen molar-refractivity contribution in [3.8, 4) is 6.07 Å². The molecule has 0 radical (unpaired) electrons. The molecule has 3 aromatic rings. The number of hydrogen-bond donors (Lipinski definition) is 1. The van der Waals surface area contributed by atoms with Gasteiger partial charge in [-0.1, -0.05) is 0 Å². The quantitative estimate of drug-likeness (QED) is 0.684. The van der Waals surface area contributed by atoms with Gasteiger partial charge in [0.1, 0.15) is 0 Å². The zero-order valence-corrected chi connectivity index (χ0v) is 18.7. The number of benzene rings is 1. The van der Waals surface area contributed by atoms with Crippen molar-refractivity contribution >= 4 is 22.8 Å². The minimum absolute atomic E-state index is 0.274. The second-order valence-electron chi connectivity index (χ2n) is 9.23. The summed E-state index contributed by atoms with van der Waals surface area (Å²) in [6.45, 7) is 6.98. The van der Waals surface area contributed by atoms with Crippen molar-refractivity contribution in [2.24, 2.45) is 5.41 Å². The van der Waals surface area contributed by atoms with E-state index in [9.17, 15) is 10.1 Å². The van der Waals surface area contributed by atoms with Crippen molar-refractivity contribution in [3.05, 3.63) is 53.0 Å². The number of aromatic amines is 1. The predicted octanol–water partition coefficient (Wildman–Crippen LogP) is 3.86. The molecule has 1 amide bonds. The Labute approximate surface area is 188 Å². The van der Waals surface area contributed by atoms with Crippen LogP contribution in [0.1, 0.15) is 48.2 Å². The molecule has 0 aliphatic carbocycles. The smallest absolute Gasteiger partial charge is 0.229 e. The highest BCUT2D eigenvalue weighted by atomic mass is 16.2. The molecule has 0 unspecified atom stereocenters. The standard InChI is InChI=1S/C25H28N6O/c1-17-12-18(2)29-24(28-17)30-10-7-25(8-11-30)6-3-9-31(23(25)32)16-20-15-27-22-5-4-19(14-26)13-21(20)22/h4-5,12-13,15,27H,3,6-11,16H2,1-2H3. The lowest BCUT2D eigenvalue weighted by Gasteiger charge is -2.46. The number of carbonyl (C=O) groups excluding carboxylic acids is 1. The molecule has 1 N–H and O–H groups in total. The Bertz CT molecular complexity index is 1190. The molecule has 1 aromatic carbocycles. The van der Waals surface area contributed by atoms with Crippen LogP contribution in [0.2, 0.25) is 0 Å². The maximum absolute atomic E-state index is 13.7. The minimum atomic E-state index is -0.280. The number of nitrogens with one attached hydrogen (secondary N) is 1. The summed E-state index contributed by atoms with van der Waals surface area (Å²) >= 11 is 0. The number of anilines is 1. The van der Waals surface area contributed by atoms with E-state index in [4.69, 9.17) is 0 Å². The molecule has 32 heavy (non-hydrogen) atoms. The van der Waals surface area contributed by atoms with Crippen molar-refractivity contribution in [1.82, 2.24) is 19.9 Å². The molecular weight excluding hydrogens is 400 g/mol. The maximum Gasteiger partial charge on any atom is 0.229 e. The average molecular weight is 429 g/mol. The SMILES string of the molecule is Cc1cc(C)nc(N2CCC3(CCCN(Cc4c[nH]c5ccc(C#N)cc45)C3=O)CC2)n1. The molecule has 0 bridgehead atoms. The summed E-state index contributed by atoms with van der Waals surface area (Å²) in [4.78, 5) is 30.4. The molecular formula is C25H28N6O. The molecule has 0 atom stereocenters. The van der Waals surface area contributed by atoms with Crippen LogP contribution >= 0.6 is 0 Å². The van der Waals surface area contributed by atoms with Crippen molar-refractivity contribution in [2.45, 2.75) is 46.1 Å². The third-order valence-electron chi connectivity index (χ3n) is 7.06. The van der Waals surface area contributed by atoms with Crippen LogP contribution in [0, 0.1) is 30.6 Å². The Morgan fingerprint density at radius 3 is 2.56 bits per heavy atom. The number of carbonyl (C=O) groups is 1. The van der Waals surface area contributed by atoms with Gasteiger partial charge in [-0.25, -0.2) is 9.97 Å². The van der Waals surface area contributed by atoms with E-state index < -0.39 is 0 Å². The van der Waals surface area contributed by atoms with E-state index in [-0.39, 0.29) is 11.3 Å². The Hall–Kier alpha value is -3.40. The lowest BCUT2D eigenvalue weighted by molar-refractivity contribution is -0.148. The van der Waals surface area contributed by atoms with Crippen molar-refractivity contribution in [3.63, 3.8) is 0 Å². The fourth-order valence-electron chi connectivity index (χ4n) is 5.33. The van der Waals surface area contributed by atoms with Gasteiger partial charge in [-0.2, -0.15) is 5.26 Å². The predicted molar refractivity (Wildman–Crippen MR) is 123 cm³/mol. The van der Waals surface area contributed by atoms with E-state index in [1.807, 2.05) is 49.2 Å². The molecule has 2 aliphatic heterocycles. The van der Waals surface area contributed by atoms with E-state index in [0.717, 1.165) is 79.1 Å². The molecule has 7 heteroatoms. The first-order chi connectivity index (χ1) is 15.5. The highest BCUT2D eigenvalue weighted by molar-refractivity contribution is 5.87. The van der Waals surface area contributed by atoms with Crippen molar-refractivity contribution in [1.29, 1.82) is 5.26 Å². The second kappa shape index (κ2) is 7.94. The number of aromatic nitrogens is 3. The van der Waals surface area contributed by atoms with Gasteiger partial charge in [-0.05, 0) is 69.4 Å². The molecule has 2 saturated heterocycles. The minimum Gasteiger partial charge on any atom is -0.361 e. The van der Waals surface area contributed by atoms with Gasteiger partial charge in [0.2, 0.25) is 11.9 Å². The van der Waals surface area contributed by atoms with Crippen molar-refractivity contribution < 1.29 is 4.79 Å². The first-order valence-corrected chi connectivity index (χ1v) is 11.3. The summed E-state index contributed by atoms with van der Waals surface area (Å²) in [5.74, 6) is 1.06. The van der Waals surface area contributed by atoms with Crippen molar-refractivity contribution in [2.75, 3.05) is 24.5 Å². The van der Waals surface area contributed by atoms with E-state index in [1.165, 1.54) is 0 Å². The third-order valence-corrected chi connectivity index (χ3v) is 7.06. The largest absolute Gasteiger partial charge is 0.361 e. The number of piperidine rings is 2. The van der Waals surface area contributed by atoms with Gasteiger partial charge in [-0.3, -0.25) is 4.79 Å². The molecule has 4 heterocycles. The Morgan fingerprint density at radius 1 is 1.09 bits per heavy atom. The summed E-state index contributed by atoms with van der Waals surface area (Å²) in [5, 5.41) is 10.3. The van der Waals surface area contributed by atoms with Crippen LogP contribution in [-0.4, -0.2) is 45.4 Å². The Kier molecular flexibility index (Phi) is 5.09. The highest BCUT2D eigenvalue weighted by Crippen LogP contribution is 2.42. The summed E-state index contributed by atoms with van der Waals surface area (Å²) in [6, 6.07) is 9.86. The fraction of sp³-hybridized carbons (Fsp3) is 0.440. The van der Waals surface area contributed by atoms with E-state index >= 15 is 0 Å². The summed E-state index contributed by atoms with van der Waals surface area (Å²) in [6.07, 6.45) is 5.63. The van der Waals surface area contributed by atoms with Gasteiger partial charge < -0.3 is 14.8 Å². The van der Waals surface area contributed by atoms with Crippen LogP contribution in [0.5, 0.6) is 0 Å². The Morgan fingerprint density at radius 2 is 1.84 bits per heavy atom. The number of nitriles is 1. The number of rotatable bonds is 3. The first-order valence-electron chi connectivity index (χ1n) is 11.3. The summed E-state index contributed by atoms with van der Waals surface area (Å²) in [7, 11) is 0. The fourth-order valence-corrected chi connectivity index (χ4v) is 5.33. The molecule has 2 aromatic heterocycles. The molecule has 1 spiro atoms. The Balaban J connectivity index is 1.32. The number of likely N-dealkylation sites (tertiary alicyclic amines) is 1. The number of H-pyrrole nitrogens is 1. The lowest BCUT2D eigenvalue weighted by atomic mass is 9.71. The summed E-state index contributed by atoms with van der Waals surface area (Å²) in [5.41, 5.74) is 4.39. The van der Waals surface area contributed by atoms with Gasteiger partial charge >= 0.3 is 0 Å². The van der Waals surface area contributed by atoms with Crippen LogP contribution in [0.4, 0.5) is 5.95 Å². The van der Waals surface area contributed by atoms with Crippen LogP contribution in [0.25, 0.3) is 10.9 Å². The van der Waals surface area contributed by atoms with E-state index in [1.54, 1.807) is 0 Å². The zero-order chi connectivity index (χ0) is 22.3. The van der Waals surface area contributed by atoms with Crippen LogP contribution in [0.15, 0.2) is 30.5 Å². The van der Waals surface area contributed by atoms with E-state index in [2.05, 4.69) is 25.9 Å². The van der Waals surface area contributed by atoms with Crippen LogP contribution in [0.3, 0.4) is 0 Å². The second-order valence-corrected chi connectivity index (χ2v) is 9.23. The van der Waals surface area contributed by atoms with Gasteiger partial charge in [0.15, 0.2) is 0 Å². The normalized spacial score (nSPS) is 18.3. The van der Waals surface area contributed by atoms with E-state index in [0.29, 0.717) is 12.1 Å². The lowest BCUT2D eigenvalue weighted by Crippen LogP contribution is -2.53. The van der Waals surface area contributed by atoms with Crippen LogP contribution in [-0.2, 0) is 11.3 Å². The monoisotopic (exact) mass is 428 g/mol. The van der Waals surface area contributed by atoms with Gasteiger partial charge in [0.05, 0.1) is 17.0 Å². The number of amides is 1. The molecule has 0 saturated carbocycles. The number of hydrogen-bond acceptors (Lipinski definition) is 5. The van der Waals surface area contributed by atoms with Gasteiger partial charge in [0, 0.05) is 54.7 Å².